The molecule has 0 spiro atoms. The Hall–Kier alpha value is -3.49. The van der Waals surface area contributed by atoms with Crippen LogP contribution in [-0.2, 0) is 18.9 Å². The first-order valence-corrected chi connectivity index (χ1v) is 17.0. The maximum Gasteiger partial charge on any atom is 0.343 e. The van der Waals surface area contributed by atoms with E-state index in [4.69, 9.17) is 42.6 Å². The molecule has 0 aliphatic carbocycles. The third-order valence-electron chi connectivity index (χ3n) is 9.27. The van der Waals surface area contributed by atoms with Gasteiger partial charge in [0.05, 0.1) is 39.6 Å². The van der Waals surface area contributed by atoms with Crippen LogP contribution in [-0.4, -0.2) is 188 Å². The second-order valence-corrected chi connectivity index (χ2v) is 13.0. The molecule has 11 N–H and O–H groups in total. The summed E-state index contributed by atoms with van der Waals surface area (Å²) in [6.45, 7) is -0.343. The van der Waals surface area contributed by atoms with E-state index in [0.29, 0.717) is 5.56 Å². The van der Waals surface area contributed by atoms with Crippen LogP contribution in [0.3, 0.4) is 0 Å². The van der Waals surface area contributed by atoms with Gasteiger partial charge in [-0.2, -0.15) is 0 Å². The minimum atomic E-state index is -1.87. The highest BCUT2D eigenvalue weighted by Gasteiger charge is 2.49. The lowest BCUT2D eigenvalue weighted by molar-refractivity contribution is -0.323. The van der Waals surface area contributed by atoms with Crippen molar-refractivity contribution in [1.82, 2.24) is 0 Å². The minimum absolute atomic E-state index is 0.114. The first kappa shape index (κ1) is 42.6. The fraction of sp³-hybridized carbons (Fsp3) is 0.618. The summed E-state index contributed by atoms with van der Waals surface area (Å²) in [7, 11) is 2.44. The van der Waals surface area contributed by atoms with Gasteiger partial charge in [-0.15, -0.1) is 0 Å². The zero-order valence-corrected chi connectivity index (χ0v) is 29.7. The second kappa shape index (κ2) is 18.2. The predicted octanol–water partition coefficient (Wildman–Crippen LogP) is -4.59. The van der Waals surface area contributed by atoms with Crippen LogP contribution in [0.15, 0.2) is 30.3 Å². The standard InChI is InChI=1S/C34H46O21/c1-12-4-5-14(51-33-28(44)25(41)22(38)19(10-36)53-33)15(6-12)50-31(46)13-7-16(47-2)30(17(8-13)48-3)55-34-29(45)26(42)23(39)20(54-34)11-49-32-27(43)24(40)21(37)18(9-35)52-32/h4-8,18-29,32-45H,9-11H2,1-3H3. The molecule has 55 heavy (non-hydrogen) atoms. The number of aliphatic hydroxyl groups is 11. The number of hydrogen-bond acceptors (Lipinski definition) is 21. The molecule has 5 rings (SSSR count). The predicted molar refractivity (Wildman–Crippen MR) is 177 cm³/mol. The molecule has 0 radical (unpaired) electrons. The Morgan fingerprint density at radius 2 is 1.05 bits per heavy atom. The zero-order chi connectivity index (χ0) is 40.3. The van der Waals surface area contributed by atoms with E-state index >= 15 is 0 Å². The van der Waals surface area contributed by atoms with Crippen molar-refractivity contribution in [2.75, 3.05) is 34.0 Å². The molecule has 0 bridgehead atoms. The Balaban J connectivity index is 1.32. The zero-order valence-electron chi connectivity index (χ0n) is 29.7. The molecule has 0 saturated carbocycles. The normalized spacial score (nSPS) is 36.5. The van der Waals surface area contributed by atoms with E-state index in [9.17, 15) is 61.0 Å². The largest absolute Gasteiger partial charge is 0.493 e. The fourth-order valence-electron chi connectivity index (χ4n) is 6.02. The molecule has 0 amide bonds. The van der Waals surface area contributed by atoms with Crippen LogP contribution in [0.25, 0.3) is 0 Å². The topological polar surface area (TPSA) is 323 Å². The molecular weight excluding hydrogens is 744 g/mol. The summed E-state index contributed by atoms with van der Waals surface area (Å²) in [4.78, 5) is 13.5. The van der Waals surface area contributed by atoms with Gasteiger partial charge in [0.2, 0.25) is 18.3 Å². The number of carbonyl (C=O) groups is 1. The van der Waals surface area contributed by atoms with Crippen molar-refractivity contribution in [2.45, 2.75) is 99.0 Å². The summed E-state index contributed by atoms with van der Waals surface area (Å²) in [5.41, 5.74) is 0.464. The molecule has 21 nitrogen and oxygen atoms in total. The maximum atomic E-state index is 13.5. The summed E-state index contributed by atoms with van der Waals surface area (Å²) >= 11 is 0. The molecule has 3 saturated heterocycles. The summed E-state index contributed by atoms with van der Waals surface area (Å²) < 4.78 is 49.9. The van der Waals surface area contributed by atoms with Crippen molar-refractivity contribution in [2.24, 2.45) is 0 Å². The number of benzene rings is 2. The van der Waals surface area contributed by atoms with Gasteiger partial charge in [0.25, 0.3) is 0 Å². The van der Waals surface area contributed by atoms with Crippen LogP contribution < -0.4 is 23.7 Å². The number of ether oxygens (including phenoxy) is 9. The maximum absolute atomic E-state index is 13.5. The molecule has 3 aliphatic heterocycles. The van der Waals surface area contributed by atoms with Crippen LogP contribution in [0, 0.1) is 6.92 Å². The van der Waals surface area contributed by atoms with Crippen LogP contribution >= 0.6 is 0 Å². The van der Waals surface area contributed by atoms with Crippen LogP contribution in [0.2, 0.25) is 0 Å². The number of carbonyl (C=O) groups excluding carboxylic acids is 1. The number of rotatable bonds is 13. The van der Waals surface area contributed by atoms with E-state index in [1.807, 2.05) is 0 Å². The Morgan fingerprint density at radius 1 is 0.582 bits per heavy atom. The number of aliphatic hydroxyl groups excluding tert-OH is 11. The molecule has 3 heterocycles. The van der Waals surface area contributed by atoms with Crippen molar-refractivity contribution in [3.63, 3.8) is 0 Å². The summed E-state index contributed by atoms with van der Waals surface area (Å²) in [6, 6.07) is 6.81. The molecular formula is C34H46O21. The number of esters is 1. The Kier molecular flexibility index (Phi) is 14.1. The average molecular weight is 791 g/mol. The highest BCUT2D eigenvalue weighted by Crippen LogP contribution is 2.41. The minimum Gasteiger partial charge on any atom is -0.493 e. The van der Waals surface area contributed by atoms with Gasteiger partial charge < -0.3 is 98.8 Å². The Labute approximate surface area is 312 Å². The van der Waals surface area contributed by atoms with E-state index < -0.39 is 118 Å². The van der Waals surface area contributed by atoms with Gasteiger partial charge in [0, 0.05) is 0 Å². The molecule has 21 heteroatoms. The monoisotopic (exact) mass is 790 g/mol. The quantitative estimate of drug-likeness (QED) is 0.0672. The van der Waals surface area contributed by atoms with Crippen molar-refractivity contribution in [3.05, 3.63) is 41.5 Å². The van der Waals surface area contributed by atoms with Gasteiger partial charge in [0.1, 0.15) is 73.2 Å². The fourth-order valence-corrected chi connectivity index (χ4v) is 6.02. The van der Waals surface area contributed by atoms with E-state index in [-0.39, 0.29) is 34.3 Å². The van der Waals surface area contributed by atoms with Crippen LogP contribution in [0.4, 0.5) is 0 Å². The van der Waals surface area contributed by atoms with Gasteiger partial charge in [-0.3, -0.25) is 0 Å². The molecule has 15 unspecified atom stereocenters. The first-order valence-electron chi connectivity index (χ1n) is 17.0. The van der Waals surface area contributed by atoms with Gasteiger partial charge in [-0.1, -0.05) is 6.07 Å². The molecule has 308 valence electrons. The Bertz CT molecular complexity index is 1560. The van der Waals surface area contributed by atoms with Gasteiger partial charge >= 0.3 is 5.97 Å². The highest BCUT2D eigenvalue weighted by molar-refractivity contribution is 5.93. The lowest BCUT2D eigenvalue weighted by Crippen LogP contribution is -2.62. The van der Waals surface area contributed by atoms with E-state index in [0.717, 1.165) is 0 Å². The SMILES string of the molecule is COc1cc(C(=O)Oc2cc(C)ccc2OC2OC(CO)C(O)C(O)C2O)cc(OC)c1OC1OC(COC2OC(CO)C(O)C(O)C2O)C(O)C(O)C1O. The van der Waals surface area contributed by atoms with Crippen LogP contribution in [0.1, 0.15) is 15.9 Å². The number of hydrogen-bond donors (Lipinski definition) is 11. The lowest BCUT2D eigenvalue weighted by Gasteiger charge is -2.42. The second-order valence-electron chi connectivity index (χ2n) is 13.0. The van der Waals surface area contributed by atoms with Gasteiger partial charge in [0.15, 0.2) is 29.3 Å². The van der Waals surface area contributed by atoms with Crippen molar-refractivity contribution >= 4 is 5.97 Å². The van der Waals surface area contributed by atoms with E-state index in [2.05, 4.69) is 0 Å². The lowest BCUT2D eigenvalue weighted by atomic mass is 9.98. The molecule has 0 aromatic heterocycles. The number of aryl methyl sites for hydroxylation is 1. The van der Waals surface area contributed by atoms with Crippen molar-refractivity contribution in [1.29, 1.82) is 0 Å². The smallest absolute Gasteiger partial charge is 0.343 e. The molecule has 2 aromatic carbocycles. The summed E-state index contributed by atoms with van der Waals surface area (Å²) in [6.07, 6.45) is -24.7. The van der Waals surface area contributed by atoms with Crippen LogP contribution in [0.5, 0.6) is 28.7 Å². The number of methoxy groups -OCH3 is 2. The third-order valence-corrected chi connectivity index (χ3v) is 9.27. The first-order chi connectivity index (χ1) is 26.1. The highest BCUT2D eigenvalue weighted by atomic mass is 16.7. The summed E-state index contributed by atoms with van der Waals surface area (Å²) in [5.74, 6) is -1.78. The third kappa shape index (κ3) is 9.06. The molecule has 3 fully saturated rings. The van der Waals surface area contributed by atoms with E-state index in [1.165, 1.54) is 38.5 Å². The van der Waals surface area contributed by atoms with Gasteiger partial charge in [-0.05, 0) is 36.8 Å². The van der Waals surface area contributed by atoms with Crippen molar-refractivity contribution in [3.8, 4) is 28.7 Å². The van der Waals surface area contributed by atoms with Crippen molar-refractivity contribution < 1.29 is 104 Å². The average Bonchev–Trinajstić information content (AvgIpc) is 3.18. The Morgan fingerprint density at radius 3 is 1.58 bits per heavy atom. The summed E-state index contributed by atoms with van der Waals surface area (Å²) in [5, 5.41) is 112. The molecule has 2 aromatic rings. The molecule has 15 atom stereocenters. The molecule has 3 aliphatic rings. The van der Waals surface area contributed by atoms with Gasteiger partial charge in [-0.25, -0.2) is 4.79 Å². The van der Waals surface area contributed by atoms with E-state index in [1.54, 1.807) is 13.0 Å².